The summed E-state index contributed by atoms with van der Waals surface area (Å²) < 4.78 is 39.9. The van der Waals surface area contributed by atoms with E-state index < -0.39 is 22.2 Å². The molecule has 222 valence electrons. The molecule has 41 heavy (non-hydrogen) atoms. The number of aromatic nitrogens is 1. The maximum absolute atomic E-state index is 13.4. The number of ether oxygens (including phenoxy) is 1. The number of aryl methyl sites for hydroxylation is 2. The lowest BCUT2D eigenvalue weighted by atomic mass is 10.0. The molecule has 3 atom stereocenters. The van der Waals surface area contributed by atoms with Crippen LogP contribution in [-0.2, 0) is 21.2 Å². The Bertz CT molecular complexity index is 1470. The Morgan fingerprint density at radius 2 is 2.07 bits per heavy atom. The molecule has 14 heteroatoms. The van der Waals surface area contributed by atoms with Gasteiger partial charge in [-0.05, 0) is 50.4 Å². The van der Waals surface area contributed by atoms with Crippen LogP contribution < -0.4 is 14.8 Å². The van der Waals surface area contributed by atoms with Crippen molar-refractivity contribution in [2.75, 3.05) is 36.8 Å². The number of rotatable bonds is 8. The van der Waals surface area contributed by atoms with Gasteiger partial charge in [-0.2, -0.15) is 0 Å². The van der Waals surface area contributed by atoms with Gasteiger partial charge in [0.2, 0.25) is 5.91 Å². The van der Waals surface area contributed by atoms with Crippen LogP contribution in [0.1, 0.15) is 30.9 Å². The molecule has 0 spiro atoms. The Kier molecular flexibility index (Phi) is 9.24. The van der Waals surface area contributed by atoms with Crippen LogP contribution in [0.25, 0.3) is 0 Å². The number of aliphatic hydroxyl groups excluding tert-OH is 1. The van der Waals surface area contributed by atoms with Crippen molar-refractivity contribution in [1.82, 2.24) is 15.0 Å². The monoisotopic (exact) mass is 605 g/mol. The van der Waals surface area contributed by atoms with Crippen molar-refractivity contribution in [3.05, 3.63) is 52.7 Å². The number of hydrogen-bond acceptors (Lipinski definition) is 9. The molecule has 0 unspecified atom stereocenters. The molecule has 0 bridgehead atoms. The van der Waals surface area contributed by atoms with Crippen molar-refractivity contribution in [3.8, 4) is 5.75 Å². The van der Waals surface area contributed by atoms with Gasteiger partial charge in [0, 0.05) is 30.8 Å². The second-order valence-electron chi connectivity index (χ2n) is 10.3. The van der Waals surface area contributed by atoms with Gasteiger partial charge in [0.15, 0.2) is 5.76 Å². The number of thiophene rings is 1. The van der Waals surface area contributed by atoms with Crippen LogP contribution in [0.15, 0.2) is 44.4 Å². The average molecular weight is 606 g/mol. The first kappa shape index (κ1) is 30.3. The second-order valence-corrected chi connectivity index (χ2v) is 13.1. The highest BCUT2D eigenvalue weighted by molar-refractivity contribution is 7.94. The summed E-state index contributed by atoms with van der Waals surface area (Å²) in [6.07, 6.45) is -0.599. The minimum atomic E-state index is -3.80. The van der Waals surface area contributed by atoms with E-state index in [4.69, 9.17) is 9.26 Å². The number of anilines is 2. The Morgan fingerprint density at radius 3 is 2.71 bits per heavy atom. The van der Waals surface area contributed by atoms with Gasteiger partial charge in [0.1, 0.15) is 27.4 Å². The zero-order valence-corrected chi connectivity index (χ0v) is 25.2. The van der Waals surface area contributed by atoms with Gasteiger partial charge in [-0.3, -0.25) is 9.52 Å². The summed E-state index contributed by atoms with van der Waals surface area (Å²) in [4.78, 5) is 29.5. The van der Waals surface area contributed by atoms with Crippen LogP contribution in [0.5, 0.6) is 5.75 Å². The lowest BCUT2D eigenvalue weighted by molar-refractivity contribution is -0.134. The minimum absolute atomic E-state index is 0.0595. The summed E-state index contributed by atoms with van der Waals surface area (Å²) in [5.74, 6) is 0.437. The third-order valence-corrected chi connectivity index (χ3v) is 9.77. The molecule has 0 fully saturated rings. The Morgan fingerprint density at radius 1 is 1.32 bits per heavy atom. The minimum Gasteiger partial charge on any atom is -0.488 e. The lowest BCUT2D eigenvalue weighted by Crippen LogP contribution is -2.48. The molecule has 3 amide bonds. The van der Waals surface area contributed by atoms with Crippen LogP contribution in [-0.4, -0.2) is 79.3 Å². The number of likely N-dealkylation sites (N-methyl/N-ethyl adjacent to an activating group) is 1. The van der Waals surface area contributed by atoms with Crippen LogP contribution in [0, 0.1) is 19.8 Å². The summed E-state index contributed by atoms with van der Waals surface area (Å²) in [6.45, 7) is 7.36. The van der Waals surface area contributed by atoms with E-state index in [1.807, 2.05) is 6.92 Å². The van der Waals surface area contributed by atoms with Gasteiger partial charge in [-0.1, -0.05) is 18.1 Å². The van der Waals surface area contributed by atoms with E-state index in [-0.39, 0.29) is 53.9 Å². The highest BCUT2D eigenvalue weighted by atomic mass is 32.2. The van der Waals surface area contributed by atoms with Crippen LogP contribution >= 0.6 is 11.3 Å². The molecule has 12 nitrogen and oxygen atoms in total. The van der Waals surface area contributed by atoms with Crippen LogP contribution in [0.3, 0.4) is 0 Å². The van der Waals surface area contributed by atoms with E-state index in [2.05, 4.69) is 15.2 Å². The molecule has 3 heterocycles. The second kappa shape index (κ2) is 12.5. The quantitative estimate of drug-likeness (QED) is 0.353. The van der Waals surface area contributed by atoms with Crippen molar-refractivity contribution < 1.29 is 32.4 Å². The number of hydrogen-bond donors (Lipinski definition) is 3. The van der Waals surface area contributed by atoms with Gasteiger partial charge >= 0.3 is 6.03 Å². The van der Waals surface area contributed by atoms with Crippen molar-refractivity contribution in [2.24, 2.45) is 5.92 Å². The standard InChI is InChI=1S/C27H35N5O7S2/c1-16-13-32(17(2)15-33)24(34)12-20-11-21(30-41(36,37)25-7-6-10-40-25)8-9-22(20)38-23(16)14-31(5)27(35)28-26-18(3)29-39-19(26)4/h6-11,16-17,23,30,33H,12-15H2,1-5H3,(H,28,35)/t16-,17-,23+/m1/s1. The number of nitrogens with zero attached hydrogens (tertiary/aromatic N) is 3. The van der Waals surface area contributed by atoms with Gasteiger partial charge < -0.3 is 29.5 Å². The molecule has 3 aromatic rings. The first-order valence-electron chi connectivity index (χ1n) is 13.1. The Hall–Kier alpha value is -3.62. The van der Waals surface area contributed by atoms with E-state index in [0.29, 0.717) is 28.5 Å². The third-order valence-electron chi connectivity index (χ3n) is 6.99. The molecular formula is C27H35N5O7S2. The summed E-state index contributed by atoms with van der Waals surface area (Å²) >= 11 is 1.10. The highest BCUT2D eigenvalue weighted by Gasteiger charge is 2.32. The SMILES string of the molecule is Cc1noc(C)c1NC(=O)N(C)C[C@@H]1Oc2ccc(NS(=O)(=O)c3cccs3)cc2CC(=O)N([C@H](C)CO)C[C@H]1C. The predicted octanol–water partition coefficient (Wildman–Crippen LogP) is 3.47. The summed E-state index contributed by atoms with van der Waals surface area (Å²) in [5.41, 5.74) is 1.83. The molecule has 0 saturated carbocycles. The van der Waals surface area contributed by atoms with E-state index in [9.17, 15) is 23.1 Å². The fourth-order valence-electron chi connectivity index (χ4n) is 4.55. The van der Waals surface area contributed by atoms with E-state index in [1.54, 1.807) is 62.4 Å². The molecule has 1 aromatic carbocycles. The van der Waals surface area contributed by atoms with Gasteiger partial charge in [-0.25, -0.2) is 13.2 Å². The number of benzene rings is 1. The molecule has 0 radical (unpaired) electrons. The molecule has 0 aliphatic carbocycles. The van der Waals surface area contributed by atoms with Crippen LogP contribution in [0.2, 0.25) is 0 Å². The highest BCUT2D eigenvalue weighted by Crippen LogP contribution is 2.30. The zero-order valence-electron chi connectivity index (χ0n) is 23.6. The number of sulfonamides is 1. The van der Waals surface area contributed by atoms with Crippen molar-refractivity contribution in [3.63, 3.8) is 0 Å². The van der Waals surface area contributed by atoms with E-state index >= 15 is 0 Å². The molecule has 4 rings (SSSR count). The van der Waals surface area contributed by atoms with Crippen LogP contribution in [0.4, 0.5) is 16.2 Å². The fourth-order valence-corrected chi connectivity index (χ4v) is 6.59. The summed E-state index contributed by atoms with van der Waals surface area (Å²) in [5, 5.41) is 18.2. The molecule has 2 aromatic heterocycles. The first-order chi connectivity index (χ1) is 19.4. The van der Waals surface area contributed by atoms with Crippen molar-refractivity contribution in [2.45, 2.75) is 50.5 Å². The Balaban J connectivity index is 1.62. The van der Waals surface area contributed by atoms with Crippen molar-refractivity contribution >= 4 is 44.7 Å². The van der Waals surface area contributed by atoms with Gasteiger partial charge in [-0.15, -0.1) is 11.3 Å². The first-order valence-corrected chi connectivity index (χ1v) is 15.5. The molecule has 1 aliphatic rings. The number of carbonyl (C=O) groups excluding carboxylic acids is 2. The lowest BCUT2D eigenvalue weighted by Gasteiger charge is -2.34. The largest absolute Gasteiger partial charge is 0.488 e. The van der Waals surface area contributed by atoms with E-state index in [1.165, 1.54) is 11.0 Å². The number of carbonyl (C=O) groups is 2. The summed E-state index contributed by atoms with van der Waals surface area (Å²) in [7, 11) is -2.16. The third kappa shape index (κ3) is 7.00. The topological polar surface area (TPSA) is 154 Å². The maximum atomic E-state index is 13.4. The molecule has 0 saturated heterocycles. The van der Waals surface area contributed by atoms with E-state index in [0.717, 1.165) is 11.3 Å². The number of nitrogens with one attached hydrogen (secondary N) is 2. The maximum Gasteiger partial charge on any atom is 0.321 e. The molecular weight excluding hydrogens is 570 g/mol. The Labute approximate surface area is 243 Å². The number of amides is 3. The number of aliphatic hydroxyl groups is 1. The van der Waals surface area contributed by atoms with Gasteiger partial charge in [0.05, 0.1) is 25.6 Å². The van der Waals surface area contributed by atoms with Crippen molar-refractivity contribution in [1.29, 1.82) is 0 Å². The average Bonchev–Trinajstić information content (AvgIpc) is 3.59. The number of fused-ring (bicyclic) bond motifs is 1. The normalized spacial score (nSPS) is 18.4. The zero-order chi connectivity index (χ0) is 29.9. The van der Waals surface area contributed by atoms with Gasteiger partial charge in [0.25, 0.3) is 10.0 Å². The summed E-state index contributed by atoms with van der Waals surface area (Å²) in [6, 6.07) is 7.12. The fraction of sp³-hybridized carbons (Fsp3) is 0.444. The predicted molar refractivity (Wildman–Crippen MR) is 155 cm³/mol. The smallest absolute Gasteiger partial charge is 0.321 e. The molecule has 1 aliphatic heterocycles. The molecule has 3 N–H and O–H groups in total. The number of urea groups is 1.